The Labute approximate surface area is 253 Å². The number of aliphatic hydroxyl groups is 2. The highest BCUT2D eigenvalue weighted by molar-refractivity contribution is 4.67. The summed E-state index contributed by atoms with van der Waals surface area (Å²) < 4.78 is 1.59. The zero-order chi connectivity index (χ0) is 30.0. The van der Waals surface area contributed by atoms with Crippen LogP contribution in [0.25, 0.3) is 0 Å². The van der Waals surface area contributed by atoms with Crippen LogP contribution in [-0.4, -0.2) is 85.8 Å². The third-order valence-corrected chi connectivity index (χ3v) is 9.04. The van der Waals surface area contributed by atoms with Crippen LogP contribution in [0.1, 0.15) is 168 Å². The van der Waals surface area contributed by atoms with Gasteiger partial charge in [0.05, 0.1) is 41.3 Å². The molecule has 0 aromatic heterocycles. The predicted molar refractivity (Wildman–Crippen MR) is 178 cm³/mol. The van der Waals surface area contributed by atoms with Gasteiger partial charge in [-0.2, -0.15) is 0 Å². The minimum Gasteiger partial charge on any atom is -0.384 e. The SMILES string of the molecule is CCCCCCCCCCCCCC[N+](C)(C)CC(O)C(O)C[N+](C)(C)CCCCCCCCCCCCCC. The van der Waals surface area contributed by atoms with Crippen molar-refractivity contribution in [1.29, 1.82) is 0 Å². The Morgan fingerprint density at radius 3 is 0.775 bits per heavy atom. The molecule has 0 aromatic carbocycles. The van der Waals surface area contributed by atoms with E-state index < -0.39 is 12.2 Å². The molecule has 0 amide bonds. The van der Waals surface area contributed by atoms with Crippen molar-refractivity contribution in [2.45, 2.75) is 180 Å². The predicted octanol–water partition coefficient (Wildman–Crippen LogP) is 9.26. The normalized spacial score (nSPS) is 14.1. The van der Waals surface area contributed by atoms with Gasteiger partial charge in [-0.05, 0) is 25.7 Å². The van der Waals surface area contributed by atoms with Crippen LogP contribution in [0.4, 0.5) is 0 Å². The quantitative estimate of drug-likeness (QED) is 0.0644. The van der Waals surface area contributed by atoms with Crippen molar-refractivity contribution >= 4 is 0 Å². The molecule has 0 bridgehead atoms. The van der Waals surface area contributed by atoms with Crippen LogP contribution >= 0.6 is 0 Å². The Bertz CT molecular complexity index is 477. The van der Waals surface area contributed by atoms with E-state index in [-0.39, 0.29) is 0 Å². The van der Waals surface area contributed by atoms with Crippen LogP contribution in [0.3, 0.4) is 0 Å². The standard InChI is InChI=1S/C36H78N2O2/c1-7-9-11-13-15-17-19-21-23-25-27-29-31-37(3,4)33-35(39)36(40)34-38(5,6)32-30-28-26-24-22-20-18-16-14-12-10-8-2/h35-36,39-40H,7-34H2,1-6H3/q+2. The molecule has 0 heterocycles. The second-order valence-corrected chi connectivity index (χ2v) is 14.6. The first-order valence-electron chi connectivity index (χ1n) is 18.1. The molecule has 4 heteroatoms. The van der Waals surface area contributed by atoms with Crippen molar-refractivity contribution in [3.63, 3.8) is 0 Å². The van der Waals surface area contributed by atoms with E-state index in [4.69, 9.17) is 0 Å². The molecule has 2 N–H and O–H groups in total. The Kier molecular flexibility index (Phi) is 26.4. The lowest BCUT2D eigenvalue weighted by molar-refractivity contribution is -0.902. The summed E-state index contributed by atoms with van der Waals surface area (Å²) >= 11 is 0. The highest BCUT2D eigenvalue weighted by Gasteiger charge is 2.30. The van der Waals surface area contributed by atoms with Gasteiger partial charge in [0.1, 0.15) is 25.3 Å². The molecule has 2 unspecified atom stereocenters. The van der Waals surface area contributed by atoms with Gasteiger partial charge >= 0.3 is 0 Å². The number of aliphatic hydroxyl groups excluding tert-OH is 2. The average Bonchev–Trinajstić information content (AvgIpc) is 2.89. The Morgan fingerprint density at radius 2 is 0.550 bits per heavy atom. The maximum atomic E-state index is 10.8. The third-order valence-electron chi connectivity index (χ3n) is 9.04. The maximum Gasteiger partial charge on any atom is 0.134 e. The molecule has 0 radical (unpaired) electrons. The topological polar surface area (TPSA) is 40.5 Å². The largest absolute Gasteiger partial charge is 0.384 e. The fourth-order valence-electron chi connectivity index (χ4n) is 6.20. The van der Waals surface area contributed by atoms with E-state index >= 15 is 0 Å². The summed E-state index contributed by atoms with van der Waals surface area (Å²) in [7, 11) is 8.84. The minimum absolute atomic E-state index is 0.637. The van der Waals surface area contributed by atoms with Gasteiger partial charge in [0.25, 0.3) is 0 Å². The molecule has 0 aliphatic carbocycles. The smallest absolute Gasteiger partial charge is 0.134 e. The fourth-order valence-corrected chi connectivity index (χ4v) is 6.20. The molecular formula is C36H78N2O2+2. The summed E-state index contributed by atoms with van der Waals surface area (Å²) in [6.45, 7) is 8.01. The van der Waals surface area contributed by atoms with Crippen molar-refractivity contribution in [3.05, 3.63) is 0 Å². The average molecular weight is 571 g/mol. The van der Waals surface area contributed by atoms with Crippen LogP contribution in [-0.2, 0) is 0 Å². The third kappa shape index (κ3) is 26.7. The molecule has 0 saturated heterocycles. The zero-order valence-electron chi connectivity index (χ0n) is 28.7. The zero-order valence-corrected chi connectivity index (χ0v) is 28.7. The molecule has 0 aromatic rings. The second kappa shape index (κ2) is 26.5. The van der Waals surface area contributed by atoms with Gasteiger partial charge in [0.15, 0.2) is 0 Å². The van der Waals surface area contributed by atoms with E-state index in [1.165, 1.54) is 154 Å². The Hall–Kier alpha value is -0.160. The summed E-state index contributed by atoms with van der Waals surface area (Å²) in [5.74, 6) is 0. The molecule has 0 saturated carbocycles. The molecule has 0 aliphatic heterocycles. The number of rotatable bonds is 31. The number of nitrogens with zero attached hydrogens (tertiary/aromatic N) is 2. The number of hydrogen-bond donors (Lipinski definition) is 2. The van der Waals surface area contributed by atoms with Crippen molar-refractivity contribution < 1.29 is 19.2 Å². The van der Waals surface area contributed by atoms with Gasteiger partial charge in [-0.15, -0.1) is 0 Å². The summed E-state index contributed by atoms with van der Waals surface area (Å²) in [6, 6.07) is 0. The Morgan fingerprint density at radius 1 is 0.350 bits per heavy atom. The number of hydrogen-bond acceptors (Lipinski definition) is 2. The lowest BCUT2D eigenvalue weighted by atomic mass is 10.0. The molecule has 0 fully saturated rings. The van der Waals surface area contributed by atoms with Gasteiger partial charge in [-0.1, -0.05) is 142 Å². The van der Waals surface area contributed by atoms with E-state index in [1.807, 2.05) is 0 Å². The first-order chi connectivity index (χ1) is 19.1. The second-order valence-electron chi connectivity index (χ2n) is 14.6. The number of likely N-dealkylation sites (N-methyl/N-ethyl adjacent to an activating group) is 2. The van der Waals surface area contributed by atoms with E-state index in [9.17, 15) is 10.2 Å². The van der Waals surface area contributed by atoms with Crippen LogP contribution in [0, 0.1) is 0 Å². The molecule has 0 rings (SSSR count). The molecule has 40 heavy (non-hydrogen) atoms. The van der Waals surface area contributed by atoms with Crippen LogP contribution < -0.4 is 0 Å². The molecule has 2 atom stereocenters. The summed E-state index contributed by atoms with van der Waals surface area (Å²) in [5.41, 5.74) is 0. The van der Waals surface area contributed by atoms with Crippen molar-refractivity contribution in [1.82, 2.24) is 0 Å². The molecule has 4 nitrogen and oxygen atoms in total. The molecular weight excluding hydrogens is 492 g/mol. The van der Waals surface area contributed by atoms with E-state index in [2.05, 4.69) is 42.0 Å². The van der Waals surface area contributed by atoms with E-state index in [0.29, 0.717) is 13.1 Å². The molecule has 0 spiro atoms. The van der Waals surface area contributed by atoms with Gasteiger partial charge in [0.2, 0.25) is 0 Å². The van der Waals surface area contributed by atoms with E-state index in [1.54, 1.807) is 0 Å². The Balaban J connectivity index is 3.84. The highest BCUT2D eigenvalue weighted by atomic mass is 16.3. The summed E-state index contributed by atoms with van der Waals surface area (Å²) in [6.07, 6.45) is 31.6. The van der Waals surface area contributed by atoms with Crippen LogP contribution in [0.15, 0.2) is 0 Å². The first-order valence-corrected chi connectivity index (χ1v) is 18.1. The van der Waals surface area contributed by atoms with Crippen molar-refractivity contribution in [2.24, 2.45) is 0 Å². The van der Waals surface area contributed by atoms with Crippen LogP contribution in [0.2, 0.25) is 0 Å². The lowest BCUT2D eigenvalue weighted by Gasteiger charge is -2.36. The van der Waals surface area contributed by atoms with Gasteiger partial charge in [-0.3, -0.25) is 0 Å². The molecule has 0 aliphatic rings. The van der Waals surface area contributed by atoms with Crippen molar-refractivity contribution in [2.75, 3.05) is 54.4 Å². The molecule has 242 valence electrons. The number of quaternary nitrogens is 2. The lowest BCUT2D eigenvalue weighted by Crippen LogP contribution is -2.54. The van der Waals surface area contributed by atoms with Gasteiger partial charge in [-0.25, -0.2) is 0 Å². The maximum absolute atomic E-state index is 10.8. The first kappa shape index (κ1) is 39.8. The summed E-state index contributed by atoms with van der Waals surface area (Å²) in [4.78, 5) is 0. The van der Waals surface area contributed by atoms with Crippen LogP contribution in [0.5, 0.6) is 0 Å². The van der Waals surface area contributed by atoms with Gasteiger partial charge < -0.3 is 19.2 Å². The number of unbranched alkanes of at least 4 members (excludes halogenated alkanes) is 22. The van der Waals surface area contributed by atoms with E-state index in [0.717, 1.165) is 22.1 Å². The van der Waals surface area contributed by atoms with Crippen molar-refractivity contribution in [3.8, 4) is 0 Å². The van der Waals surface area contributed by atoms with Gasteiger partial charge in [0, 0.05) is 0 Å². The minimum atomic E-state index is -0.647. The highest BCUT2D eigenvalue weighted by Crippen LogP contribution is 2.16. The fraction of sp³-hybridized carbons (Fsp3) is 1.00. The summed E-state index contributed by atoms with van der Waals surface area (Å²) in [5, 5.41) is 21.6. The monoisotopic (exact) mass is 571 g/mol.